The minimum absolute atomic E-state index is 0.0324. The Bertz CT molecular complexity index is 697. The molecule has 0 aromatic heterocycles. The number of sulfonamides is 1. The molecule has 0 heterocycles. The van der Waals surface area contributed by atoms with Gasteiger partial charge in [0, 0.05) is 6.54 Å². The zero-order chi connectivity index (χ0) is 16.3. The average Bonchev–Trinajstić information content (AvgIpc) is 2.45. The van der Waals surface area contributed by atoms with Gasteiger partial charge in [0.05, 0.1) is 22.1 Å². The van der Waals surface area contributed by atoms with E-state index in [0.29, 0.717) is 0 Å². The van der Waals surface area contributed by atoms with E-state index in [9.17, 15) is 13.2 Å². The number of hydrogen-bond acceptors (Lipinski definition) is 4. The van der Waals surface area contributed by atoms with Crippen molar-refractivity contribution >= 4 is 27.6 Å². The predicted molar refractivity (Wildman–Crippen MR) is 77.4 cm³/mol. The maximum atomic E-state index is 12.2. The van der Waals surface area contributed by atoms with Gasteiger partial charge in [-0.2, -0.15) is 5.26 Å². The molecule has 1 atom stereocenters. The van der Waals surface area contributed by atoms with Crippen molar-refractivity contribution in [3.63, 3.8) is 0 Å². The van der Waals surface area contributed by atoms with Gasteiger partial charge >= 0.3 is 5.97 Å². The third kappa shape index (κ3) is 3.94. The molecule has 0 saturated heterocycles. The molecule has 0 amide bonds. The number of halogens is 1. The highest BCUT2D eigenvalue weighted by molar-refractivity contribution is 7.89. The Morgan fingerprint density at radius 1 is 1.52 bits per heavy atom. The van der Waals surface area contributed by atoms with E-state index in [0.717, 1.165) is 6.07 Å². The molecule has 2 N–H and O–H groups in total. The van der Waals surface area contributed by atoms with Crippen molar-refractivity contribution in [2.24, 2.45) is 5.41 Å². The SMILES string of the molecule is CCC(C)(CNS(=O)(=O)c1cc(C#N)ccc1Cl)C(=O)O. The highest BCUT2D eigenvalue weighted by Gasteiger charge is 2.33. The summed E-state index contributed by atoms with van der Waals surface area (Å²) in [6.45, 7) is 2.84. The van der Waals surface area contributed by atoms with Crippen LogP contribution in [0.15, 0.2) is 23.1 Å². The van der Waals surface area contributed by atoms with E-state index in [1.807, 2.05) is 6.07 Å². The number of nitrogens with zero attached hydrogens (tertiary/aromatic N) is 1. The predicted octanol–water partition coefficient (Wildman–Crippen LogP) is 1.99. The van der Waals surface area contributed by atoms with E-state index in [1.165, 1.54) is 19.1 Å². The van der Waals surface area contributed by atoms with Crippen LogP contribution in [0.5, 0.6) is 0 Å². The standard InChI is InChI=1S/C13H15ClN2O4S/c1-3-13(2,12(17)18)8-16-21(19,20)11-6-9(7-15)4-5-10(11)14/h4-6,16H,3,8H2,1-2H3,(H,17,18). The minimum Gasteiger partial charge on any atom is -0.481 e. The fourth-order valence-electron chi connectivity index (χ4n) is 1.46. The van der Waals surface area contributed by atoms with Crippen LogP contribution in [0.3, 0.4) is 0 Å². The number of aliphatic carboxylic acids is 1. The smallest absolute Gasteiger partial charge is 0.310 e. The Morgan fingerprint density at radius 2 is 2.14 bits per heavy atom. The van der Waals surface area contributed by atoms with Crippen molar-refractivity contribution in [2.75, 3.05) is 6.54 Å². The van der Waals surface area contributed by atoms with Crippen molar-refractivity contribution < 1.29 is 18.3 Å². The fourth-order valence-corrected chi connectivity index (χ4v) is 3.16. The summed E-state index contributed by atoms with van der Waals surface area (Å²) in [5, 5.41) is 17.9. The molecule has 0 saturated carbocycles. The third-order valence-corrected chi connectivity index (χ3v) is 5.18. The lowest BCUT2D eigenvalue weighted by Gasteiger charge is -2.23. The van der Waals surface area contributed by atoms with Crippen molar-refractivity contribution in [2.45, 2.75) is 25.2 Å². The number of nitrogens with one attached hydrogen (secondary N) is 1. The van der Waals surface area contributed by atoms with Crippen LogP contribution in [0, 0.1) is 16.7 Å². The fraction of sp³-hybridized carbons (Fsp3) is 0.385. The highest BCUT2D eigenvalue weighted by Crippen LogP contribution is 2.25. The van der Waals surface area contributed by atoms with Crippen molar-refractivity contribution in [1.29, 1.82) is 5.26 Å². The molecule has 1 aromatic rings. The van der Waals surface area contributed by atoms with Crippen LogP contribution in [0.25, 0.3) is 0 Å². The number of carbonyl (C=O) groups is 1. The van der Waals surface area contributed by atoms with Gasteiger partial charge in [0.15, 0.2) is 0 Å². The largest absolute Gasteiger partial charge is 0.481 e. The van der Waals surface area contributed by atoms with Gasteiger partial charge in [-0.25, -0.2) is 13.1 Å². The maximum absolute atomic E-state index is 12.2. The first-order valence-electron chi connectivity index (χ1n) is 6.09. The van der Waals surface area contributed by atoms with E-state index in [1.54, 1.807) is 6.92 Å². The Kier molecular flexibility index (Phi) is 5.34. The van der Waals surface area contributed by atoms with Gasteiger partial charge in [0.25, 0.3) is 0 Å². The van der Waals surface area contributed by atoms with Crippen LogP contribution in [0.2, 0.25) is 5.02 Å². The lowest BCUT2D eigenvalue weighted by Crippen LogP contribution is -2.40. The van der Waals surface area contributed by atoms with Gasteiger partial charge in [0.2, 0.25) is 10.0 Å². The van der Waals surface area contributed by atoms with Crippen molar-refractivity contribution in [3.8, 4) is 6.07 Å². The van der Waals surface area contributed by atoms with Gasteiger partial charge in [-0.3, -0.25) is 4.79 Å². The molecular formula is C13H15ClN2O4S. The van der Waals surface area contributed by atoms with Crippen LogP contribution < -0.4 is 4.72 Å². The second-order valence-electron chi connectivity index (χ2n) is 4.80. The summed E-state index contributed by atoms with van der Waals surface area (Å²) >= 11 is 5.84. The number of rotatable bonds is 6. The van der Waals surface area contributed by atoms with Crippen LogP contribution in [0.4, 0.5) is 0 Å². The summed E-state index contributed by atoms with van der Waals surface area (Å²) in [7, 11) is -4.00. The second-order valence-corrected chi connectivity index (χ2v) is 6.94. The zero-order valence-electron chi connectivity index (χ0n) is 11.6. The first kappa shape index (κ1) is 17.4. The summed E-state index contributed by atoms with van der Waals surface area (Å²) in [6.07, 6.45) is 0.261. The summed E-state index contributed by atoms with van der Waals surface area (Å²) in [6, 6.07) is 5.68. The summed E-state index contributed by atoms with van der Waals surface area (Å²) in [5.41, 5.74) is -1.07. The number of nitriles is 1. The van der Waals surface area contributed by atoms with E-state index in [4.69, 9.17) is 22.0 Å². The molecule has 1 aromatic carbocycles. The first-order chi connectivity index (χ1) is 9.66. The van der Waals surface area contributed by atoms with Crippen LogP contribution >= 0.6 is 11.6 Å². The Balaban J connectivity index is 3.09. The second kappa shape index (κ2) is 6.43. The Labute approximate surface area is 128 Å². The first-order valence-corrected chi connectivity index (χ1v) is 7.95. The molecule has 0 radical (unpaired) electrons. The van der Waals surface area contributed by atoms with Crippen LogP contribution in [-0.2, 0) is 14.8 Å². The monoisotopic (exact) mass is 330 g/mol. The lowest BCUT2D eigenvalue weighted by molar-refractivity contribution is -0.147. The van der Waals surface area contributed by atoms with Gasteiger partial charge < -0.3 is 5.11 Å². The van der Waals surface area contributed by atoms with E-state index < -0.39 is 21.4 Å². The average molecular weight is 331 g/mol. The quantitative estimate of drug-likeness (QED) is 0.829. The molecule has 0 spiro atoms. The molecule has 0 aliphatic rings. The minimum atomic E-state index is -4.00. The third-order valence-electron chi connectivity index (χ3n) is 3.30. The molecule has 6 nitrogen and oxygen atoms in total. The lowest BCUT2D eigenvalue weighted by atomic mass is 9.88. The normalized spacial score (nSPS) is 14.2. The number of carboxylic acid groups (broad SMARTS) is 1. The van der Waals surface area contributed by atoms with Crippen molar-refractivity contribution in [3.05, 3.63) is 28.8 Å². The molecular weight excluding hydrogens is 316 g/mol. The van der Waals surface area contributed by atoms with Gasteiger partial charge in [-0.05, 0) is 31.5 Å². The maximum Gasteiger partial charge on any atom is 0.310 e. The summed E-state index contributed by atoms with van der Waals surface area (Å²) in [5.74, 6) is -1.09. The molecule has 0 aliphatic carbocycles. The van der Waals surface area contributed by atoms with E-state index in [-0.39, 0.29) is 28.4 Å². The van der Waals surface area contributed by atoms with Gasteiger partial charge in [0.1, 0.15) is 4.90 Å². The van der Waals surface area contributed by atoms with E-state index >= 15 is 0 Å². The topological polar surface area (TPSA) is 107 Å². The van der Waals surface area contributed by atoms with Crippen LogP contribution in [0.1, 0.15) is 25.8 Å². The van der Waals surface area contributed by atoms with Crippen LogP contribution in [-0.4, -0.2) is 26.0 Å². The molecule has 1 unspecified atom stereocenters. The molecule has 8 heteroatoms. The summed E-state index contributed by atoms with van der Waals surface area (Å²) < 4.78 is 26.7. The van der Waals surface area contributed by atoms with Gasteiger partial charge in [-0.1, -0.05) is 18.5 Å². The van der Waals surface area contributed by atoms with E-state index in [2.05, 4.69) is 4.72 Å². The molecule has 21 heavy (non-hydrogen) atoms. The molecule has 0 aliphatic heterocycles. The van der Waals surface area contributed by atoms with Crippen molar-refractivity contribution in [1.82, 2.24) is 4.72 Å². The Morgan fingerprint density at radius 3 is 2.62 bits per heavy atom. The molecule has 1 rings (SSSR count). The van der Waals surface area contributed by atoms with Gasteiger partial charge in [-0.15, -0.1) is 0 Å². The zero-order valence-corrected chi connectivity index (χ0v) is 13.1. The Hall–Kier alpha value is -1.62. The molecule has 114 valence electrons. The summed E-state index contributed by atoms with van der Waals surface area (Å²) in [4.78, 5) is 10.9. The molecule has 0 bridgehead atoms. The highest BCUT2D eigenvalue weighted by atomic mass is 35.5. The molecule has 0 fully saturated rings. The number of benzene rings is 1. The number of carboxylic acids is 1. The number of hydrogen-bond donors (Lipinski definition) is 2.